The third kappa shape index (κ3) is 5.65. The summed E-state index contributed by atoms with van der Waals surface area (Å²) in [6.45, 7) is 9.80. The average molecular weight is 248 g/mol. The van der Waals surface area contributed by atoms with E-state index in [1.54, 1.807) is 0 Å². The van der Waals surface area contributed by atoms with Gasteiger partial charge in [-0.2, -0.15) is 0 Å². The minimum Gasteiger partial charge on any atom is -0.330 e. The molecule has 1 atom stereocenters. The summed E-state index contributed by atoms with van der Waals surface area (Å²) in [4.78, 5) is 2.54. The van der Waals surface area contributed by atoms with Crippen molar-refractivity contribution in [1.29, 1.82) is 0 Å². The highest BCUT2D eigenvalue weighted by atomic mass is 15.1. The molecule has 102 valence electrons. The molecule has 1 aromatic carbocycles. The molecule has 0 heterocycles. The summed E-state index contributed by atoms with van der Waals surface area (Å²) in [5, 5.41) is 0. The molecule has 0 aromatic heterocycles. The quantitative estimate of drug-likeness (QED) is 0.765. The molecular weight excluding hydrogens is 220 g/mol. The lowest BCUT2D eigenvalue weighted by molar-refractivity contribution is 0.205. The van der Waals surface area contributed by atoms with Crippen LogP contribution in [0, 0.1) is 5.92 Å². The Hall–Kier alpha value is -0.860. The zero-order valence-electron chi connectivity index (χ0n) is 12.1. The molecule has 2 heteroatoms. The highest BCUT2D eigenvalue weighted by Crippen LogP contribution is 2.11. The molecule has 1 aromatic rings. The second-order valence-corrected chi connectivity index (χ2v) is 5.53. The van der Waals surface area contributed by atoms with E-state index in [1.165, 1.54) is 18.4 Å². The van der Waals surface area contributed by atoms with Crippen LogP contribution in [0.15, 0.2) is 30.3 Å². The molecule has 0 bridgehead atoms. The van der Waals surface area contributed by atoms with Gasteiger partial charge in [0, 0.05) is 12.6 Å². The fraction of sp³-hybridized carbons (Fsp3) is 0.625. The predicted octanol–water partition coefficient (Wildman–Crippen LogP) is 3.27. The first-order chi connectivity index (χ1) is 8.63. The Bertz CT molecular complexity index is 308. The van der Waals surface area contributed by atoms with Gasteiger partial charge in [0.25, 0.3) is 0 Å². The first-order valence-corrected chi connectivity index (χ1v) is 7.11. The van der Waals surface area contributed by atoms with Crippen molar-refractivity contribution >= 4 is 0 Å². The summed E-state index contributed by atoms with van der Waals surface area (Å²) in [5.41, 5.74) is 7.06. The van der Waals surface area contributed by atoms with Gasteiger partial charge in [-0.15, -0.1) is 0 Å². The van der Waals surface area contributed by atoms with Gasteiger partial charge in [0.15, 0.2) is 0 Å². The van der Waals surface area contributed by atoms with Gasteiger partial charge in [0.1, 0.15) is 0 Å². The highest BCUT2D eigenvalue weighted by molar-refractivity contribution is 5.14. The Morgan fingerprint density at radius 2 is 1.78 bits per heavy atom. The van der Waals surface area contributed by atoms with Gasteiger partial charge in [-0.3, -0.25) is 4.90 Å². The molecule has 0 saturated heterocycles. The van der Waals surface area contributed by atoms with E-state index < -0.39 is 0 Å². The molecule has 0 amide bonds. The van der Waals surface area contributed by atoms with Crippen molar-refractivity contribution in [1.82, 2.24) is 4.90 Å². The monoisotopic (exact) mass is 248 g/mol. The fourth-order valence-electron chi connectivity index (χ4n) is 2.10. The van der Waals surface area contributed by atoms with Crippen LogP contribution in [0.3, 0.4) is 0 Å². The van der Waals surface area contributed by atoms with Gasteiger partial charge in [-0.25, -0.2) is 0 Å². The van der Waals surface area contributed by atoms with Crippen molar-refractivity contribution in [2.75, 3.05) is 13.1 Å². The zero-order chi connectivity index (χ0) is 13.4. The molecule has 0 aliphatic rings. The molecule has 18 heavy (non-hydrogen) atoms. The van der Waals surface area contributed by atoms with Gasteiger partial charge >= 0.3 is 0 Å². The Morgan fingerprint density at radius 3 is 2.33 bits per heavy atom. The number of hydrogen-bond acceptors (Lipinski definition) is 2. The molecule has 2 N–H and O–H groups in total. The first kappa shape index (κ1) is 15.2. The van der Waals surface area contributed by atoms with E-state index in [0.717, 1.165) is 19.6 Å². The van der Waals surface area contributed by atoms with E-state index in [4.69, 9.17) is 5.73 Å². The van der Waals surface area contributed by atoms with Crippen LogP contribution >= 0.6 is 0 Å². The summed E-state index contributed by atoms with van der Waals surface area (Å²) in [6, 6.07) is 11.3. The van der Waals surface area contributed by atoms with Gasteiger partial charge in [-0.05, 0) is 51.3 Å². The number of hydrogen-bond donors (Lipinski definition) is 1. The second-order valence-electron chi connectivity index (χ2n) is 5.53. The number of rotatable bonds is 8. The van der Waals surface area contributed by atoms with Crippen LogP contribution < -0.4 is 5.73 Å². The van der Waals surface area contributed by atoms with Crippen LogP contribution in [0.4, 0.5) is 0 Å². The minimum atomic E-state index is 0.596. The molecule has 0 saturated carbocycles. The van der Waals surface area contributed by atoms with Crippen molar-refractivity contribution in [3.63, 3.8) is 0 Å². The Kier molecular flexibility index (Phi) is 6.99. The summed E-state index contributed by atoms with van der Waals surface area (Å²) in [5.74, 6) is 0.649. The summed E-state index contributed by atoms with van der Waals surface area (Å²) >= 11 is 0. The zero-order valence-corrected chi connectivity index (χ0v) is 12.1. The molecule has 0 aliphatic heterocycles. The Labute approximate surface area is 112 Å². The number of benzene rings is 1. The summed E-state index contributed by atoms with van der Waals surface area (Å²) < 4.78 is 0. The van der Waals surface area contributed by atoms with Gasteiger partial charge < -0.3 is 5.73 Å². The fourth-order valence-corrected chi connectivity index (χ4v) is 2.10. The number of nitrogens with two attached hydrogens (primary N) is 1. The van der Waals surface area contributed by atoms with E-state index in [2.05, 4.69) is 56.0 Å². The van der Waals surface area contributed by atoms with Crippen LogP contribution in [0.5, 0.6) is 0 Å². The van der Waals surface area contributed by atoms with Crippen LogP contribution in [0.2, 0.25) is 0 Å². The van der Waals surface area contributed by atoms with Crippen molar-refractivity contribution in [3.05, 3.63) is 35.9 Å². The van der Waals surface area contributed by atoms with Crippen molar-refractivity contribution in [3.8, 4) is 0 Å². The molecular formula is C16H28N2. The molecule has 0 radical (unpaired) electrons. The topological polar surface area (TPSA) is 29.3 Å². The van der Waals surface area contributed by atoms with Crippen molar-refractivity contribution in [2.45, 2.75) is 46.2 Å². The van der Waals surface area contributed by atoms with Crippen LogP contribution in [0.1, 0.15) is 39.2 Å². The molecule has 0 spiro atoms. The third-order valence-corrected chi connectivity index (χ3v) is 3.50. The lowest BCUT2D eigenvalue weighted by atomic mass is 10.1. The maximum atomic E-state index is 5.66. The van der Waals surface area contributed by atoms with E-state index in [-0.39, 0.29) is 0 Å². The van der Waals surface area contributed by atoms with Crippen LogP contribution in [-0.2, 0) is 6.54 Å². The normalized spacial score (nSPS) is 13.2. The van der Waals surface area contributed by atoms with Crippen molar-refractivity contribution < 1.29 is 0 Å². The lowest BCUT2D eigenvalue weighted by Crippen LogP contribution is -2.31. The second kappa shape index (κ2) is 8.28. The molecule has 0 aliphatic carbocycles. The summed E-state index contributed by atoms with van der Waals surface area (Å²) in [6.07, 6.45) is 2.47. The standard InChI is InChI=1S/C16H28N2/c1-14(2)18(11-7-8-15(3)12-17)13-16-9-5-4-6-10-16/h4-6,9-10,14-15H,7-8,11-13,17H2,1-3H3. The van der Waals surface area contributed by atoms with E-state index in [9.17, 15) is 0 Å². The maximum absolute atomic E-state index is 5.66. The van der Waals surface area contributed by atoms with Crippen LogP contribution in [0.25, 0.3) is 0 Å². The van der Waals surface area contributed by atoms with Crippen molar-refractivity contribution in [2.24, 2.45) is 11.7 Å². The van der Waals surface area contributed by atoms with Gasteiger partial charge in [0.2, 0.25) is 0 Å². The van der Waals surface area contributed by atoms with E-state index in [0.29, 0.717) is 12.0 Å². The minimum absolute atomic E-state index is 0.596. The SMILES string of the molecule is CC(CN)CCCN(Cc1ccccc1)C(C)C. The van der Waals surface area contributed by atoms with Gasteiger partial charge in [0.05, 0.1) is 0 Å². The molecule has 0 fully saturated rings. The number of nitrogens with zero attached hydrogens (tertiary/aromatic N) is 1. The van der Waals surface area contributed by atoms with Gasteiger partial charge in [-0.1, -0.05) is 37.3 Å². The van der Waals surface area contributed by atoms with E-state index in [1.807, 2.05) is 0 Å². The van der Waals surface area contributed by atoms with E-state index >= 15 is 0 Å². The Morgan fingerprint density at radius 1 is 1.11 bits per heavy atom. The third-order valence-electron chi connectivity index (χ3n) is 3.50. The highest BCUT2D eigenvalue weighted by Gasteiger charge is 2.10. The lowest BCUT2D eigenvalue weighted by Gasteiger charge is -2.27. The summed E-state index contributed by atoms with van der Waals surface area (Å²) in [7, 11) is 0. The van der Waals surface area contributed by atoms with Crippen LogP contribution in [-0.4, -0.2) is 24.0 Å². The average Bonchev–Trinajstić information content (AvgIpc) is 2.38. The first-order valence-electron chi connectivity index (χ1n) is 7.11. The molecule has 2 nitrogen and oxygen atoms in total. The molecule has 1 rings (SSSR count). The molecule has 1 unspecified atom stereocenters. The largest absolute Gasteiger partial charge is 0.330 e. The predicted molar refractivity (Wildman–Crippen MR) is 79.4 cm³/mol. The Balaban J connectivity index is 2.41. The smallest absolute Gasteiger partial charge is 0.0236 e. The maximum Gasteiger partial charge on any atom is 0.0236 e.